The molecule has 0 saturated carbocycles. The van der Waals surface area contributed by atoms with Gasteiger partial charge in [0.1, 0.15) is 0 Å². The Labute approximate surface area is 104 Å². The fourth-order valence-corrected chi connectivity index (χ4v) is 0. The summed E-state index contributed by atoms with van der Waals surface area (Å²) in [7, 11) is 0. The maximum atomic E-state index is 8.50. The number of rotatable bonds is 0. The number of hydrogen-bond donors (Lipinski definition) is 0. The van der Waals surface area contributed by atoms with E-state index in [1.807, 2.05) is 0 Å². The van der Waals surface area contributed by atoms with Gasteiger partial charge in [-0.2, -0.15) is 0 Å². The molecule has 0 rings (SSSR count). The van der Waals surface area contributed by atoms with Gasteiger partial charge in [0.2, 0.25) is 0 Å². The molecule has 46 valence electrons. The molecule has 9 heavy (non-hydrogen) atoms. The van der Waals surface area contributed by atoms with Crippen molar-refractivity contribution >= 4 is 43.9 Å². The molecule has 0 aromatic carbocycles. The fraction of sp³-hybridized carbons (Fsp3) is 0. The summed E-state index contributed by atoms with van der Waals surface area (Å²) in [6.07, 6.45) is -2.33. The predicted molar refractivity (Wildman–Crippen MR) is 12.5 cm³/mol. The van der Waals surface area contributed by atoms with Gasteiger partial charge in [0.25, 0.3) is 0 Å². The molecule has 0 unspecified atom stereocenters. The van der Waals surface area contributed by atoms with E-state index in [-0.39, 0.29) is 58.8 Å². The quantitative estimate of drug-likeness (QED) is 0.437. The molecular formula is CCaMoO5Ti. The van der Waals surface area contributed by atoms with E-state index in [4.69, 9.17) is 21.7 Å². The molecule has 0 bridgehead atoms. The van der Waals surface area contributed by atoms with Gasteiger partial charge in [-0.15, -0.1) is 0 Å². The molecule has 0 saturated heterocycles. The first-order valence-electron chi connectivity index (χ1n) is 1.02. The molecule has 0 N–H and O–H groups in total. The normalized spacial score (nSPS) is 3.56. The van der Waals surface area contributed by atoms with Gasteiger partial charge in [-0.1, -0.05) is 0 Å². The third-order valence-electron chi connectivity index (χ3n) is 0. The van der Waals surface area contributed by atoms with Gasteiger partial charge in [0.15, 0.2) is 0 Å². The molecule has 0 fully saturated rings. The summed E-state index contributed by atoms with van der Waals surface area (Å²) in [4.78, 5) is 8.33. The zero-order valence-corrected chi connectivity index (χ0v) is 9.93. The Bertz CT molecular complexity index is 85.0. The molecule has 0 heterocycles. The molecule has 0 atom stereocenters. The van der Waals surface area contributed by atoms with Crippen LogP contribution in [0.25, 0.3) is 0 Å². The van der Waals surface area contributed by atoms with Gasteiger partial charge < -0.3 is 15.0 Å². The summed E-state index contributed by atoms with van der Waals surface area (Å²) in [5.41, 5.74) is 0. The van der Waals surface area contributed by atoms with Crippen molar-refractivity contribution in [1.82, 2.24) is 0 Å². The first-order chi connectivity index (χ1) is 3.15. The zero-order chi connectivity index (χ0) is 6.28. The molecule has 0 aliphatic heterocycles. The molecular weight excluding hydrogens is 276 g/mol. The Morgan fingerprint density at radius 3 is 1.22 bits per heavy atom. The molecule has 0 spiro atoms. The van der Waals surface area contributed by atoms with Crippen LogP contribution in [0.5, 0.6) is 0 Å². The number of carboxylic acid groups (broad SMARTS) is 2. The SMILES string of the molecule is O=C([O-])[O-].[Ca+2].[Mo].[O]=[Ti]=[O]. The van der Waals surface area contributed by atoms with Crippen LogP contribution in [-0.2, 0) is 46.8 Å². The standard InChI is InChI=1S/CH2O3.Ca.Mo.2O.Ti/c2-1(3)4;;;;;/h(H2,2,3,4);;;;;/q;+2;;;;/p-2. The van der Waals surface area contributed by atoms with Crippen molar-refractivity contribution in [3.8, 4) is 0 Å². The Hall–Kier alpha value is 1.53. The summed E-state index contributed by atoms with van der Waals surface area (Å²) in [6, 6.07) is 0. The monoisotopic (exact) mass is 278 g/mol. The Morgan fingerprint density at radius 2 is 1.22 bits per heavy atom. The van der Waals surface area contributed by atoms with Gasteiger partial charge in [-0.05, 0) is 6.16 Å². The minimum absolute atomic E-state index is 0. The van der Waals surface area contributed by atoms with Gasteiger partial charge in [-0.3, -0.25) is 0 Å². The molecule has 0 aliphatic rings. The third kappa shape index (κ3) is 230. The van der Waals surface area contributed by atoms with Crippen molar-refractivity contribution in [3.05, 3.63) is 0 Å². The van der Waals surface area contributed by atoms with Crippen molar-refractivity contribution in [2.45, 2.75) is 0 Å². The van der Waals surface area contributed by atoms with E-state index < -0.39 is 25.2 Å². The third-order valence-corrected chi connectivity index (χ3v) is 0. The van der Waals surface area contributed by atoms with Crippen LogP contribution in [0.3, 0.4) is 0 Å². The van der Waals surface area contributed by atoms with Gasteiger partial charge in [0.05, 0.1) is 0 Å². The second-order valence-corrected chi connectivity index (χ2v) is 0.594. The summed E-state index contributed by atoms with van der Waals surface area (Å²) in [6.45, 7) is 0. The topological polar surface area (TPSA) is 97.3 Å². The average molecular weight is 276 g/mol. The van der Waals surface area contributed by atoms with E-state index in [9.17, 15) is 0 Å². The zero-order valence-electron chi connectivity index (χ0n) is 4.16. The molecule has 0 radical (unpaired) electrons. The van der Waals surface area contributed by atoms with Gasteiger partial charge in [0, 0.05) is 21.1 Å². The van der Waals surface area contributed by atoms with E-state index in [0.717, 1.165) is 0 Å². The summed E-state index contributed by atoms with van der Waals surface area (Å²) in [5, 5.41) is 16.7. The van der Waals surface area contributed by atoms with E-state index in [1.165, 1.54) is 0 Å². The number of hydrogen-bond acceptors (Lipinski definition) is 5. The summed E-state index contributed by atoms with van der Waals surface area (Å²) >= 11 is -2.00. The van der Waals surface area contributed by atoms with Crippen molar-refractivity contribution in [2.75, 3.05) is 0 Å². The predicted octanol–water partition coefficient (Wildman–Crippen LogP) is -3.07. The summed E-state index contributed by atoms with van der Waals surface area (Å²) in [5.74, 6) is 0. The minimum atomic E-state index is -2.33. The van der Waals surface area contributed by atoms with Crippen LogP contribution >= 0.6 is 0 Å². The van der Waals surface area contributed by atoms with E-state index in [0.29, 0.717) is 0 Å². The van der Waals surface area contributed by atoms with Gasteiger partial charge >= 0.3 is 63.5 Å². The fourth-order valence-electron chi connectivity index (χ4n) is 0. The van der Waals surface area contributed by atoms with Crippen molar-refractivity contribution < 1.29 is 61.8 Å². The Balaban J connectivity index is -0.0000000233. The number of carbonyl (C=O) groups is 1. The van der Waals surface area contributed by atoms with Crippen molar-refractivity contribution in [2.24, 2.45) is 0 Å². The van der Waals surface area contributed by atoms with Crippen LogP contribution in [0.15, 0.2) is 0 Å². The van der Waals surface area contributed by atoms with E-state index in [2.05, 4.69) is 0 Å². The maximum absolute atomic E-state index is 8.50. The van der Waals surface area contributed by atoms with Crippen molar-refractivity contribution in [1.29, 1.82) is 0 Å². The van der Waals surface area contributed by atoms with Crippen molar-refractivity contribution in [3.63, 3.8) is 0 Å². The molecule has 8 heteroatoms. The van der Waals surface area contributed by atoms with Crippen LogP contribution < -0.4 is 10.2 Å². The molecule has 5 nitrogen and oxygen atoms in total. The summed E-state index contributed by atoms with van der Waals surface area (Å²) < 4.78 is 17.0. The second-order valence-electron chi connectivity index (χ2n) is 0.333. The number of carbonyl (C=O) groups excluding carboxylic acids is 1. The molecule has 0 aliphatic carbocycles. The van der Waals surface area contributed by atoms with Crippen LogP contribution in [0.2, 0.25) is 0 Å². The molecule has 0 aromatic heterocycles. The van der Waals surface area contributed by atoms with Crippen LogP contribution in [-0.4, -0.2) is 43.9 Å². The first kappa shape index (κ1) is 22.4. The van der Waals surface area contributed by atoms with Gasteiger partial charge in [-0.25, -0.2) is 0 Å². The second kappa shape index (κ2) is 22.7. The van der Waals surface area contributed by atoms with E-state index >= 15 is 0 Å². The molecule has 0 amide bonds. The Morgan fingerprint density at radius 1 is 1.22 bits per heavy atom. The first-order valence-corrected chi connectivity index (χ1v) is 2.30. The van der Waals surface area contributed by atoms with E-state index in [1.54, 1.807) is 0 Å². The van der Waals surface area contributed by atoms with Crippen LogP contribution in [0, 0.1) is 0 Å². The average Bonchev–Trinajstić information content (AvgIpc) is 1.33. The van der Waals surface area contributed by atoms with Crippen LogP contribution in [0.4, 0.5) is 4.79 Å². The molecule has 0 aromatic rings. The Kier molecular flexibility index (Phi) is 56.5. The van der Waals surface area contributed by atoms with Crippen LogP contribution in [0.1, 0.15) is 0 Å².